The van der Waals surface area contributed by atoms with Crippen LogP contribution in [-0.2, 0) is 16.0 Å². The summed E-state index contributed by atoms with van der Waals surface area (Å²) in [6, 6.07) is 1.26. The fourth-order valence-corrected chi connectivity index (χ4v) is 4.50. The van der Waals surface area contributed by atoms with Crippen molar-refractivity contribution in [1.82, 2.24) is 9.88 Å². The van der Waals surface area contributed by atoms with Gasteiger partial charge in [-0.2, -0.15) is 0 Å². The number of nitrogens with zero attached hydrogens (tertiary/aromatic N) is 4. The maximum atomic E-state index is 14.7. The van der Waals surface area contributed by atoms with Crippen LogP contribution in [0.3, 0.4) is 0 Å². The summed E-state index contributed by atoms with van der Waals surface area (Å²) < 4.78 is 33.7. The van der Waals surface area contributed by atoms with E-state index >= 15 is 0 Å². The van der Waals surface area contributed by atoms with E-state index in [2.05, 4.69) is 4.98 Å². The minimum Gasteiger partial charge on any atom is -0.443 e. The first kappa shape index (κ1) is 26.5. The summed E-state index contributed by atoms with van der Waals surface area (Å²) in [5.41, 5.74) is 0.407. The fourth-order valence-electron chi connectivity index (χ4n) is 4.34. The molecule has 0 spiro atoms. The molecule has 1 aromatic heterocycles. The summed E-state index contributed by atoms with van der Waals surface area (Å²) in [6.45, 7) is 6.19. The Morgan fingerprint density at radius 1 is 1.19 bits per heavy atom. The van der Waals surface area contributed by atoms with E-state index in [1.54, 1.807) is 33.8 Å². The molecular weight excluding hydrogens is 510 g/mol. The summed E-state index contributed by atoms with van der Waals surface area (Å²) in [5, 5.41) is -0.790. The van der Waals surface area contributed by atoms with Crippen LogP contribution < -0.4 is 9.80 Å². The van der Waals surface area contributed by atoms with Crippen molar-refractivity contribution in [2.75, 3.05) is 23.4 Å². The number of anilines is 2. The van der Waals surface area contributed by atoms with E-state index in [1.165, 1.54) is 7.05 Å². The van der Waals surface area contributed by atoms with Gasteiger partial charge in [0, 0.05) is 13.5 Å². The molecule has 2 aliphatic rings. The number of aromatic nitrogens is 1. The molecule has 1 aliphatic carbocycles. The highest BCUT2D eigenvalue weighted by atomic mass is 35.5. The number of likely N-dealkylation sites (N-methyl/N-ethyl adjacent to an activating group) is 1. The molecule has 0 radical (unpaired) electrons. The third-order valence-electron chi connectivity index (χ3n) is 6.16. The highest BCUT2D eigenvalue weighted by Gasteiger charge is 2.48. The van der Waals surface area contributed by atoms with Crippen molar-refractivity contribution in [3.63, 3.8) is 0 Å². The second-order valence-electron chi connectivity index (χ2n) is 9.90. The summed E-state index contributed by atoms with van der Waals surface area (Å²) in [6.07, 6.45) is -0.188. The molecule has 37 heavy (non-hydrogen) atoms. The third-order valence-corrected chi connectivity index (χ3v) is 6.50. The van der Waals surface area contributed by atoms with Crippen LogP contribution in [0.5, 0.6) is 0 Å². The van der Waals surface area contributed by atoms with Gasteiger partial charge in [-0.1, -0.05) is 11.6 Å². The Hall–Kier alpha value is -3.60. The van der Waals surface area contributed by atoms with Crippen LogP contribution >= 0.6 is 11.6 Å². The molecule has 9 nitrogen and oxygen atoms in total. The normalized spacial score (nSPS) is 17.4. The summed E-state index contributed by atoms with van der Waals surface area (Å²) in [4.78, 5) is 59.3. The molecule has 0 unspecified atom stereocenters. The Morgan fingerprint density at radius 2 is 1.86 bits per heavy atom. The largest absolute Gasteiger partial charge is 0.443 e. The predicted octanol–water partition coefficient (Wildman–Crippen LogP) is 4.66. The van der Waals surface area contributed by atoms with Gasteiger partial charge in [-0.15, -0.1) is 0 Å². The van der Waals surface area contributed by atoms with Crippen molar-refractivity contribution < 1.29 is 32.7 Å². The lowest BCUT2D eigenvalue weighted by Gasteiger charge is -2.27. The number of ketones is 1. The number of hydrogen-bond donors (Lipinski definition) is 0. The monoisotopic (exact) mass is 534 g/mol. The number of halogens is 3. The summed E-state index contributed by atoms with van der Waals surface area (Å²) >= 11 is 5.69. The smallest absolute Gasteiger partial charge is 0.418 e. The van der Waals surface area contributed by atoms with Crippen LogP contribution in [-0.4, -0.2) is 58.9 Å². The molecular formula is C25H25ClF2N4O5. The minimum atomic E-state index is -1.35. The Balaban J connectivity index is 1.77. The second-order valence-corrected chi connectivity index (χ2v) is 10.3. The molecule has 4 amide bonds. The van der Waals surface area contributed by atoms with Crippen molar-refractivity contribution in [3.8, 4) is 0 Å². The molecule has 12 heteroatoms. The molecule has 196 valence electrons. The number of amides is 4. The zero-order chi connectivity index (χ0) is 27.4. The predicted molar refractivity (Wildman–Crippen MR) is 131 cm³/mol. The molecule has 1 aromatic carbocycles. The highest BCUT2D eigenvalue weighted by molar-refractivity contribution is 6.31. The Morgan fingerprint density at radius 3 is 2.51 bits per heavy atom. The molecule has 1 aliphatic heterocycles. The van der Waals surface area contributed by atoms with Crippen LogP contribution in [0, 0.1) is 18.6 Å². The number of hydrogen-bond acceptors (Lipinski definition) is 6. The Bertz CT molecular complexity index is 1340. The van der Waals surface area contributed by atoms with E-state index in [-0.39, 0.29) is 29.4 Å². The number of aryl methyl sites for hydroxylation is 1. The Kier molecular flexibility index (Phi) is 6.70. The molecule has 0 N–H and O–H groups in total. The molecule has 2 aromatic rings. The number of ether oxygens (including phenoxy) is 1. The van der Waals surface area contributed by atoms with E-state index in [9.17, 15) is 28.0 Å². The molecule has 1 fully saturated rings. The Labute approximate surface area is 216 Å². The zero-order valence-corrected chi connectivity index (χ0v) is 21.7. The number of carbonyl (C=O) groups excluding carboxylic acids is 4. The number of pyridine rings is 1. The molecule has 0 bridgehead atoms. The van der Waals surface area contributed by atoms with Crippen molar-refractivity contribution in [2.24, 2.45) is 0 Å². The molecule has 1 saturated heterocycles. The van der Waals surface area contributed by atoms with Gasteiger partial charge in [0.25, 0.3) is 5.91 Å². The lowest BCUT2D eigenvalue weighted by atomic mass is 10.1. The summed E-state index contributed by atoms with van der Waals surface area (Å²) in [5.74, 6) is -3.16. The van der Waals surface area contributed by atoms with Gasteiger partial charge in [-0.3, -0.25) is 14.5 Å². The molecule has 0 saturated carbocycles. The molecule has 2 heterocycles. The van der Waals surface area contributed by atoms with Crippen LogP contribution in [0.4, 0.5) is 29.9 Å². The standard InChI is InChI=1S/C25H25ClF2N4O5/c1-12-10-18(29-21-13(12)6-9-17(21)33)32-16(11-31(23(32)35)24(36)37-25(2,3)4)22(34)30(5)15-8-7-14(27)19(26)20(15)28/h7-8,10,16H,6,9,11H2,1-5H3/t16-/m0/s1. The number of rotatable bonds is 3. The van der Waals surface area contributed by atoms with Gasteiger partial charge in [0.1, 0.15) is 34.0 Å². The van der Waals surface area contributed by atoms with Crippen molar-refractivity contribution in [1.29, 1.82) is 0 Å². The van der Waals surface area contributed by atoms with Gasteiger partial charge in [-0.25, -0.2) is 28.3 Å². The maximum absolute atomic E-state index is 14.7. The maximum Gasteiger partial charge on any atom is 0.418 e. The molecule has 1 atom stereocenters. The van der Waals surface area contributed by atoms with Gasteiger partial charge < -0.3 is 9.64 Å². The third kappa shape index (κ3) is 4.75. The van der Waals surface area contributed by atoms with Gasteiger partial charge in [-0.05, 0) is 63.4 Å². The summed E-state index contributed by atoms with van der Waals surface area (Å²) in [7, 11) is 1.23. The number of benzene rings is 1. The molecule has 4 rings (SSSR count). The van der Waals surface area contributed by atoms with Crippen molar-refractivity contribution >= 4 is 46.9 Å². The minimum absolute atomic E-state index is 0.00748. The van der Waals surface area contributed by atoms with E-state index in [4.69, 9.17) is 16.3 Å². The zero-order valence-electron chi connectivity index (χ0n) is 20.9. The van der Waals surface area contributed by atoms with E-state index < -0.39 is 52.9 Å². The number of carbonyl (C=O) groups is 4. The average molecular weight is 535 g/mol. The number of urea groups is 1. The topological polar surface area (TPSA) is 100 Å². The van der Waals surface area contributed by atoms with Gasteiger partial charge in [0.2, 0.25) is 0 Å². The first-order chi connectivity index (χ1) is 17.2. The SMILES string of the molecule is Cc1cc(N2C(=O)N(C(=O)OC(C)(C)C)C[C@H]2C(=O)N(C)c2ccc(F)c(Cl)c2F)nc2c1CCC2=O. The quantitative estimate of drug-likeness (QED) is 0.531. The van der Waals surface area contributed by atoms with Crippen LogP contribution in [0.2, 0.25) is 5.02 Å². The lowest BCUT2D eigenvalue weighted by Crippen LogP contribution is -2.47. The first-order valence-electron chi connectivity index (χ1n) is 11.5. The van der Waals surface area contributed by atoms with Gasteiger partial charge in [0.05, 0.1) is 12.2 Å². The average Bonchev–Trinajstić information content (AvgIpc) is 3.36. The van der Waals surface area contributed by atoms with Crippen LogP contribution in [0.25, 0.3) is 0 Å². The van der Waals surface area contributed by atoms with Gasteiger partial charge >= 0.3 is 12.1 Å². The lowest BCUT2D eigenvalue weighted by molar-refractivity contribution is -0.119. The van der Waals surface area contributed by atoms with E-state index in [0.717, 1.165) is 32.4 Å². The highest BCUT2D eigenvalue weighted by Crippen LogP contribution is 2.33. The van der Waals surface area contributed by atoms with E-state index in [0.29, 0.717) is 12.0 Å². The van der Waals surface area contributed by atoms with E-state index in [1.807, 2.05) is 0 Å². The van der Waals surface area contributed by atoms with Crippen molar-refractivity contribution in [2.45, 2.75) is 52.2 Å². The number of fused-ring (bicyclic) bond motifs is 1. The second kappa shape index (κ2) is 9.37. The van der Waals surface area contributed by atoms with Crippen molar-refractivity contribution in [3.05, 3.63) is 51.7 Å². The van der Waals surface area contributed by atoms with Crippen LogP contribution in [0.1, 0.15) is 48.8 Å². The number of Topliss-reactive ketones (excluding diaryl/α,β-unsaturated/α-hetero) is 1. The van der Waals surface area contributed by atoms with Gasteiger partial charge in [0.15, 0.2) is 11.6 Å². The van der Waals surface area contributed by atoms with Crippen LogP contribution in [0.15, 0.2) is 18.2 Å². The number of imide groups is 1. The fraction of sp³-hybridized carbons (Fsp3) is 0.400. The first-order valence-corrected chi connectivity index (χ1v) is 11.9.